The molecule has 110 valence electrons. The minimum atomic E-state index is 0.187. The summed E-state index contributed by atoms with van der Waals surface area (Å²) in [6.07, 6.45) is 7.57. The first-order valence-corrected chi connectivity index (χ1v) is 9.83. The van der Waals surface area contributed by atoms with Crippen molar-refractivity contribution >= 4 is 23.5 Å². The maximum atomic E-state index is 6.21. The van der Waals surface area contributed by atoms with E-state index in [-0.39, 0.29) is 5.60 Å². The van der Waals surface area contributed by atoms with Crippen LogP contribution in [0.15, 0.2) is 0 Å². The Morgan fingerprint density at radius 2 is 2.05 bits per heavy atom. The van der Waals surface area contributed by atoms with Gasteiger partial charge in [-0.1, -0.05) is 0 Å². The molecule has 0 aromatic heterocycles. The van der Waals surface area contributed by atoms with Crippen LogP contribution in [-0.4, -0.2) is 40.8 Å². The van der Waals surface area contributed by atoms with Crippen LogP contribution in [0.4, 0.5) is 0 Å². The van der Waals surface area contributed by atoms with Gasteiger partial charge in [0.2, 0.25) is 0 Å². The number of thioether (sulfide) groups is 2. The van der Waals surface area contributed by atoms with Crippen molar-refractivity contribution in [3.8, 4) is 0 Å². The highest BCUT2D eigenvalue weighted by molar-refractivity contribution is 8.00. The van der Waals surface area contributed by atoms with Crippen molar-refractivity contribution < 1.29 is 4.74 Å². The minimum absolute atomic E-state index is 0.187. The van der Waals surface area contributed by atoms with Crippen LogP contribution >= 0.6 is 23.5 Å². The zero-order valence-corrected chi connectivity index (χ0v) is 13.2. The van der Waals surface area contributed by atoms with Gasteiger partial charge in [-0.25, -0.2) is 0 Å². The summed E-state index contributed by atoms with van der Waals surface area (Å²) in [6.45, 7) is 0.935. The molecule has 1 spiro atoms. The highest BCUT2D eigenvalue weighted by atomic mass is 32.2. The molecule has 3 heterocycles. The Bertz CT molecular complexity index is 286. The quantitative estimate of drug-likeness (QED) is 0.619. The van der Waals surface area contributed by atoms with Crippen LogP contribution in [0.1, 0.15) is 38.5 Å². The van der Waals surface area contributed by atoms with Crippen LogP contribution < -0.4 is 11.3 Å². The van der Waals surface area contributed by atoms with E-state index in [4.69, 9.17) is 10.6 Å². The van der Waals surface area contributed by atoms with E-state index in [2.05, 4.69) is 28.9 Å². The van der Waals surface area contributed by atoms with E-state index < -0.39 is 0 Å². The molecule has 0 saturated carbocycles. The highest BCUT2D eigenvalue weighted by Crippen LogP contribution is 2.43. The minimum Gasteiger partial charge on any atom is -0.375 e. The lowest BCUT2D eigenvalue weighted by Crippen LogP contribution is -2.53. The number of ether oxygens (including phenoxy) is 1. The largest absolute Gasteiger partial charge is 0.375 e. The second kappa shape index (κ2) is 6.56. The molecule has 0 aromatic rings. The molecule has 3 nitrogen and oxygen atoms in total. The van der Waals surface area contributed by atoms with Crippen molar-refractivity contribution in [2.24, 2.45) is 11.8 Å². The molecule has 5 heteroatoms. The zero-order chi connectivity index (χ0) is 13.1. The van der Waals surface area contributed by atoms with Crippen molar-refractivity contribution in [2.45, 2.75) is 55.4 Å². The molecule has 3 fully saturated rings. The number of hydrogen-bond acceptors (Lipinski definition) is 5. The van der Waals surface area contributed by atoms with Crippen LogP contribution in [0.3, 0.4) is 0 Å². The van der Waals surface area contributed by atoms with Crippen molar-refractivity contribution in [2.75, 3.05) is 23.9 Å². The molecule has 0 bridgehead atoms. The Morgan fingerprint density at radius 1 is 1.21 bits per heavy atom. The van der Waals surface area contributed by atoms with Gasteiger partial charge in [0, 0.05) is 17.9 Å². The molecule has 3 aliphatic heterocycles. The molecule has 3 unspecified atom stereocenters. The van der Waals surface area contributed by atoms with Gasteiger partial charge in [0.1, 0.15) is 0 Å². The lowest BCUT2D eigenvalue weighted by molar-refractivity contribution is -0.107. The van der Waals surface area contributed by atoms with Gasteiger partial charge in [-0.05, 0) is 61.7 Å². The number of nitrogens with two attached hydrogens (primary N) is 1. The van der Waals surface area contributed by atoms with Crippen LogP contribution in [0.2, 0.25) is 0 Å². The van der Waals surface area contributed by atoms with Gasteiger partial charge < -0.3 is 4.74 Å². The molecular formula is C14H26N2OS2. The molecule has 0 aromatic carbocycles. The Labute approximate surface area is 125 Å². The second-order valence-corrected chi connectivity index (χ2v) is 8.71. The molecule has 19 heavy (non-hydrogen) atoms. The van der Waals surface area contributed by atoms with Gasteiger partial charge >= 0.3 is 0 Å². The Hall–Kier alpha value is 0.580. The molecule has 0 radical (unpaired) electrons. The molecule has 0 aliphatic carbocycles. The van der Waals surface area contributed by atoms with Crippen molar-refractivity contribution in [3.05, 3.63) is 0 Å². The molecule has 3 rings (SSSR count). The third-order valence-electron chi connectivity index (χ3n) is 5.00. The smallest absolute Gasteiger partial charge is 0.0701 e. The monoisotopic (exact) mass is 302 g/mol. The Kier molecular flexibility index (Phi) is 5.01. The van der Waals surface area contributed by atoms with E-state index in [1.54, 1.807) is 0 Å². The predicted octanol–water partition coefficient (Wildman–Crippen LogP) is 2.41. The van der Waals surface area contributed by atoms with E-state index in [1.807, 2.05) is 0 Å². The van der Waals surface area contributed by atoms with E-state index in [0.717, 1.165) is 11.9 Å². The summed E-state index contributed by atoms with van der Waals surface area (Å²) in [5, 5.41) is 0.725. The summed E-state index contributed by atoms with van der Waals surface area (Å²) in [5.74, 6) is 10.5. The van der Waals surface area contributed by atoms with Crippen LogP contribution in [0.25, 0.3) is 0 Å². The zero-order valence-electron chi connectivity index (χ0n) is 11.6. The van der Waals surface area contributed by atoms with E-state index in [0.29, 0.717) is 12.0 Å². The van der Waals surface area contributed by atoms with Gasteiger partial charge in [0.25, 0.3) is 0 Å². The van der Waals surface area contributed by atoms with E-state index >= 15 is 0 Å². The fraction of sp³-hybridized carbons (Fsp3) is 1.00. The van der Waals surface area contributed by atoms with E-state index in [1.165, 1.54) is 55.8 Å². The Morgan fingerprint density at radius 3 is 2.74 bits per heavy atom. The molecule has 3 atom stereocenters. The first-order valence-electron chi connectivity index (χ1n) is 7.62. The van der Waals surface area contributed by atoms with Gasteiger partial charge in [-0.2, -0.15) is 23.5 Å². The summed E-state index contributed by atoms with van der Waals surface area (Å²) in [5.41, 5.74) is 3.34. The second-order valence-electron chi connectivity index (χ2n) is 6.14. The van der Waals surface area contributed by atoms with Crippen molar-refractivity contribution in [1.29, 1.82) is 0 Å². The third-order valence-corrected chi connectivity index (χ3v) is 7.47. The van der Waals surface area contributed by atoms with Gasteiger partial charge in [-0.15, -0.1) is 0 Å². The predicted molar refractivity (Wildman–Crippen MR) is 84.6 cm³/mol. The van der Waals surface area contributed by atoms with Crippen LogP contribution in [0.5, 0.6) is 0 Å². The Balaban J connectivity index is 1.65. The summed E-state index contributed by atoms with van der Waals surface area (Å²) in [7, 11) is 0. The SMILES string of the molecule is NNC(C1CCOC2(CCSCC2)C1)C1CCCS1. The van der Waals surface area contributed by atoms with Gasteiger partial charge in [0.15, 0.2) is 0 Å². The standard InChI is InChI=1S/C14H26N2OS2/c15-16-13(12-2-1-7-19-12)11-3-6-17-14(10-11)4-8-18-9-5-14/h11-13,16H,1-10,15H2. The lowest BCUT2D eigenvalue weighted by Gasteiger charge is -2.46. The van der Waals surface area contributed by atoms with Crippen LogP contribution in [-0.2, 0) is 4.74 Å². The molecule has 3 N–H and O–H groups in total. The summed E-state index contributed by atoms with van der Waals surface area (Å²) in [4.78, 5) is 0. The first-order chi connectivity index (χ1) is 9.33. The number of hydrazine groups is 1. The summed E-state index contributed by atoms with van der Waals surface area (Å²) < 4.78 is 6.21. The van der Waals surface area contributed by atoms with Crippen molar-refractivity contribution in [3.63, 3.8) is 0 Å². The van der Waals surface area contributed by atoms with Gasteiger partial charge in [-0.3, -0.25) is 11.3 Å². The maximum Gasteiger partial charge on any atom is 0.0701 e. The number of nitrogens with one attached hydrogen (secondary N) is 1. The normalized spacial score (nSPS) is 36.5. The molecule has 3 saturated heterocycles. The maximum absolute atomic E-state index is 6.21. The summed E-state index contributed by atoms with van der Waals surface area (Å²) in [6, 6.07) is 0.489. The fourth-order valence-corrected chi connectivity index (χ4v) is 6.61. The van der Waals surface area contributed by atoms with Crippen LogP contribution in [0, 0.1) is 5.92 Å². The average Bonchev–Trinajstić information content (AvgIpc) is 2.95. The molecule has 0 amide bonds. The fourth-order valence-electron chi connectivity index (χ4n) is 3.90. The average molecular weight is 303 g/mol. The molecule has 3 aliphatic rings. The molecular weight excluding hydrogens is 276 g/mol. The lowest BCUT2D eigenvalue weighted by atomic mass is 9.77. The number of rotatable bonds is 3. The third kappa shape index (κ3) is 3.26. The van der Waals surface area contributed by atoms with E-state index in [9.17, 15) is 0 Å². The first kappa shape index (κ1) is 14.5. The highest BCUT2D eigenvalue weighted by Gasteiger charge is 2.42. The summed E-state index contributed by atoms with van der Waals surface area (Å²) >= 11 is 4.20. The van der Waals surface area contributed by atoms with Crippen molar-refractivity contribution in [1.82, 2.24) is 5.43 Å². The number of hydrogen-bond donors (Lipinski definition) is 2. The topological polar surface area (TPSA) is 47.3 Å². The van der Waals surface area contributed by atoms with Gasteiger partial charge in [0.05, 0.1) is 5.60 Å².